The second-order valence-electron chi connectivity index (χ2n) is 7.79. The second kappa shape index (κ2) is 8.74. The van der Waals surface area contributed by atoms with Gasteiger partial charge in [-0.25, -0.2) is 9.67 Å². The molecule has 3 heterocycles. The highest BCUT2D eigenvalue weighted by Crippen LogP contribution is 2.30. The molecular formula is C23H29N5O. The molecule has 152 valence electrons. The van der Waals surface area contributed by atoms with Crippen LogP contribution in [-0.4, -0.2) is 33.1 Å². The Kier molecular flexibility index (Phi) is 5.90. The van der Waals surface area contributed by atoms with Gasteiger partial charge >= 0.3 is 0 Å². The summed E-state index contributed by atoms with van der Waals surface area (Å²) < 4.78 is 8.15. The summed E-state index contributed by atoms with van der Waals surface area (Å²) in [5, 5.41) is 12.2. The van der Waals surface area contributed by atoms with Crippen LogP contribution in [-0.2, 0) is 0 Å². The maximum atomic E-state index is 6.11. The molecule has 0 saturated carbocycles. The van der Waals surface area contributed by atoms with Crippen LogP contribution in [0.5, 0.6) is 11.6 Å². The summed E-state index contributed by atoms with van der Waals surface area (Å²) in [6, 6.07) is 14.5. The smallest absolute Gasteiger partial charge is 0.219 e. The zero-order valence-electron chi connectivity index (χ0n) is 17.4. The summed E-state index contributed by atoms with van der Waals surface area (Å²) in [5.41, 5.74) is 4.01. The molecule has 2 aromatic heterocycles. The SMILES string of the molecule is CCC(C)c1cccc(Oc2cccc(-c3c(C)nnn3C3CCNCC3)n2)c1. The predicted octanol–water partition coefficient (Wildman–Crippen LogP) is 4.88. The quantitative estimate of drug-likeness (QED) is 0.649. The van der Waals surface area contributed by atoms with Crippen LogP contribution >= 0.6 is 0 Å². The topological polar surface area (TPSA) is 64.9 Å². The minimum absolute atomic E-state index is 0.353. The predicted molar refractivity (Wildman–Crippen MR) is 114 cm³/mol. The van der Waals surface area contributed by atoms with Crippen molar-refractivity contribution in [1.82, 2.24) is 25.3 Å². The van der Waals surface area contributed by atoms with E-state index in [0.29, 0.717) is 17.8 Å². The number of aromatic nitrogens is 4. The normalized spacial score (nSPS) is 16.0. The van der Waals surface area contributed by atoms with E-state index in [1.807, 2.05) is 41.9 Å². The highest BCUT2D eigenvalue weighted by Gasteiger charge is 2.22. The Morgan fingerprint density at radius 1 is 1.17 bits per heavy atom. The first-order valence-electron chi connectivity index (χ1n) is 10.5. The second-order valence-corrected chi connectivity index (χ2v) is 7.79. The Morgan fingerprint density at radius 2 is 1.97 bits per heavy atom. The Hall–Kier alpha value is -2.73. The van der Waals surface area contributed by atoms with E-state index in [4.69, 9.17) is 9.72 Å². The van der Waals surface area contributed by atoms with E-state index in [0.717, 1.165) is 55.2 Å². The van der Waals surface area contributed by atoms with Gasteiger partial charge in [-0.05, 0) is 69.0 Å². The maximum absolute atomic E-state index is 6.11. The summed E-state index contributed by atoms with van der Waals surface area (Å²) >= 11 is 0. The van der Waals surface area contributed by atoms with Crippen LogP contribution < -0.4 is 10.1 Å². The molecule has 6 heteroatoms. The number of nitrogens with one attached hydrogen (secondary N) is 1. The summed E-state index contributed by atoms with van der Waals surface area (Å²) in [5.74, 6) is 1.90. The summed E-state index contributed by atoms with van der Waals surface area (Å²) in [4.78, 5) is 4.78. The highest BCUT2D eigenvalue weighted by atomic mass is 16.5. The third-order valence-corrected chi connectivity index (χ3v) is 5.75. The number of aryl methyl sites for hydroxylation is 1. The third-order valence-electron chi connectivity index (χ3n) is 5.75. The van der Waals surface area contributed by atoms with Gasteiger partial charge in [0, 0.05) is 6.07 Å². The minimum Gasteiger partial charge on any atom is -0.439 e. The molecule has 4 rings (SSSR count). The number of pyridine rings is 1. The monoisotopic (exact) mass is 391 g/mol. The molecule has 3 aromatic rings. The molecule has 0 amide bonds. The zero-order valence-corrected chi connectivity index (χ0v) is 17.4. The van der Waals surface area contributed by atoms with Crippen LogP contribution in [0.2, 0.25) is 0 Å². The Morgan fingerprint density at radius 3 is 2.76 bits per heavy atom. The van der Waals surface area contributed by atoms with E-state index in [1.54, 1.807) is 0 Å². The fourth-order valence-electron chi connectivity index (χ4n) is 3.83. The fourth-order valence-corrected chi connectivity index (χ4v) is 3.83. The van der Waals surface area contributed by atoms with Crippen LogP contribution in [0.4, 0.5) is 0 Å². The summed E-state index contributed by atoms with van der Waals surface area (Å²) in [7, 11) is 0. The van der Waals surface area contributed by atoms with Crippen molar-refractivity contribution < 1.29 is 4.74 Å². The largest absolute Gasteiger partial charge is 0.439 e. The van der Waals surface area contributed by atoms with E-state index in [-0.39, 0.29) is 0 Å². The lowest BCUT2D eigenvalue weighted by molar-refractivity contribution is 0.340. The standard InChI is InChI=1S/C23H29N5O/c1-4-16(2)18-7-5-8-20(15-18)29-22-10-6-9-21(25-22)23-17(3)26-27-28(23)19-11-13-24-14-12-19/h5-10,15-16,19,24H,4,11-14H2,1-3H3. The molecular weight excluding hydrogens is 362 g/mol. The van der Waals surface area contributed by atoms with Gasteiger partial charge in [0.25, 0.3) is 0 Å². The van der Waals surface area contributed by atoms with Crippen LogP contribution in [0, 0.1) is 6.92 Å². The maximum Gasteiger partial charge on any atom is 0.219 e. The van der Waals surface area contributed by atoms with E-state index < -0.39 is 0 Å². The molecule has 0 aliphatic carbocycles. The first-order valence-corrected chi connectivity index (χ1v) is 10.5. The third kappa shape index (κ3) is 4.32. The van der Waals surface area contributed by atoms with Crippen LogP contribution in [0.15, 0.2) is 42.5 Å². The van der Waals surface area contributed by atoms with Gasteiger partial charge in [-0.15, -0.1) is 5.10 Å². The van der Waals surface area contributed by atoms with Gasteiger partial charge in [0.2, 0.25) is 5.88 Å². The Labute approximate surface area is 172 Å². The van der Waals surface area contributed by atoms with Gasteiger partial charge in [-0.3, -0.25) is 0 Å². The number of benzene rings is 1. The molecule has 1 aliphatic heterocycles. The molecule has 29 heavy (non-hydrogen) atoms. The van der Waals surface area contributed by atoms with E-state index in [2.05, 4.69) is 41.6 Å². The number of hydrogen-bond donors (Lipinski definition) is 1. The van der Waals surface area contributed by atoms with Gasteiger partial charge in [0.15, 0.2) is 0 Å². The lowest BCUT2D eigenvalue weighted by Crippen LogP contribution is -2.30. The van der Waals surface area contributed by atoms with Crippen molar-refractivity contribution in [1.29, 1.82) is 0 Å². The molecule has 1 aliphatic rings. The molecule has 1 fully saturated rings. The van der Waals surface area contributed by atoms with E-state index in [1.165, 1.54) is 5.56 Å². The van der Waals surface area contributed by atoms with Gasteiger partial charge < -0.3 is 10.1 Å². The van der Waals surface area contributed by atoms with Gasteiger partial charge in [0.1, 0.15) is 11.4 Å². The lowest BCUT2D eigenvalue weighted by Gasteiger charge is -2.24. The molecule has 0 bridgehead atoms. The number of rotatable bonds is 6. The minimum atomic E-state index is 0.353. The van der Waals surface area contributed by atoms with E-state index in [9.17, 15) is 0 Å². The van der Waals surface area contributed by atoms with E-state index >= 15 is 0 Å². The van der Waals surface area contributed by atoms with Gasteiger partial charge in [0.05, 0.1) is 17.4 Å². The fraction of sp³-hybridized carbons (Fsp3) is 0.435. The van der Waals surface area contributed by atoms with Crippen molar-refractivity contribution >= 4 is 0 Å². The van der Waals surface area contributed by atoms with Gasteiger partial charge in [-0.2, -0.15) is 0 Å². The average Bonchev–Trinajstić information content (AvgIpc) is 3.15. The highest BCUT2D eigenvalue weighted by molar-refractivity contribution is 5.58. The number of nitrogens with zero attached hydrogens (tertiary/aromatic N) is 4. The molecule has 0 spiro atoms. The van der Waals surface area contributed by atoms with Crippen molar-refractivity contribution in [3.05, 3.63) is 53.7 Å². The van der Waals surface area contributed by atoms with Crippen molar-refractivity contribution in [2.75, 3.05) is 13.1 Å². The zero-order chi connectivity index (χ0) is 20.2. The average molecular weight is 392 g/mol. The van der Waals surface area contributed by atoms with Crippen molar-refractivity contribution in [3.63, 3.8) is 0 Å². The molecule has 1 unspecified atom stereocenters. The number of ether oxygens (including phenoxy) is 1. The lowest BCUT2D eigenvalue weighted by atomic mass is 9.99. The van der Waals surface area contributed by atoms with Crippen LogP contribution in [0.25, 0.3) is 11.4 Å². The molecule has 1 atom stereocenters. The Balaban J connectivity index is 1.61. The molecule has 1 aromatic carbocycles. The first kappa shape index (κ1) is 19.6. The molecule has 0 radical (unpaired) electrons. The Bertz CT molecular complexity index is 961. The molecule has 1 saturated heterocycles. The van der Waals surface area contributed by atoms with Crippen LogP contribution in [0.1, 0.15) is 56.3 Å². The van der Waals surface area contributed by atoms with Crippen molar-refractivity contribution in [3.8, 4) is 23.0 Å². The number of piperidine rings is 1. The summed E-state index contributed by atoms with van der Waals surface area (Å²) in [6.45, 7) is 8.43. The van der Waals surface area contributed by atoms with Gasteiger partial charge in [-0.1, -0.05) is 37.3 Å². The van der Waals surface area contributed by atoms with Crippen molar-refractivity contribution in [2.24, 2.45) is 0 Å². The first-order chi connectivity index (χ1) is 14.2. The molecule has 6 nitrogen and oxygen atoms in total. The van der Waals surface area contributed by atoms with Crippen LogP contribution in [0.3, 0.4) is 0 Å². The molecule has 1 N–H and O–H groups in total. The summed E-state index contributed by atoms with van der Waals surface area (Å²) in [6.07, 6.45) is 3.20. The number of hydrogen-bond acceptors (Lipinski definition) is 5. The van der Waals surface area contributed by atoms with Crippen molar-refractivity contribution in [2.45, 2.75) is 52.0 Å².